The first-order valence-corrected chi connectivity index (χ1v) is 9.53. The van der Waals surface area contributed by atoms with Gasteiger partial charge in [-0.3, -0.25) is 9.10 Å². The third-order valence-corrected chi connectivity index (χ3v) is 6.07. The molecule has 6 heteroatoms. The molecule has 126 valence electrons. The van der Waals surface area contributed by atoms with Gasteiger partial charge in [0.15, 0.2) is 0 Å². The third-order valence-electron chi connectivity index (χ3n) is 4.20. The van der Waals surface area contributed by atoms with E-state index >= 15 is 0 Å². The normalized spacial score (nSPS) is 16.6. The molecule has 0 unspecified atom stereocenters. The summed E-state index contributed by atoms with van der Waals surface area (Å²) in [4.78, 5) is 14.1. The van der Waals surface area contributed by atoms with Crippen LogP contribution in [0.1, 0.15) is 23.2 Å². The van der Waals surface area contributed by atoms with Gasteiger partial charge in [-0.2, -0.15) is 0 Å². The highest BCUT2D eigenvalue weighted by molar-refractivity contribution is 7.92. The zero-order valence-corrected chi connectivity index (χ0v) is 14.4. The predicted molar refractivity (Wildman–Crippen MR) is 96.0 cm³/mol. The second-order valence-electron chi connectivity index (χ2n) is 5.84. The third kappa shape index (κ3) is 3.28. The Bertz CT molecular complexity index is 817. The van der Waals surface area contributed by atoms with E-state index in [0.717, 1.165) is 12.1 Å². The molecule has 0 bridgehead atoms. The van der Waals surface area contributed by atoms with E-state index in [-0.39, 0.29) is 11.7 Å². The summed E-state index contributed by atoms with van der Waals surface area (Å²) in [5, 5.41) is 0. The summed E-state index contributed by atoms with van der Waals surface area (Å²) in [7, 11) is -1.51. The Labute approximate surface area is 142 Å². The van der Waals surface area contributed by atoms with Crippen LogP contribution in [0.4, 0.5) is 11.4 Å². The molecule has 5 nitrogen and oxygen atoms in total. The van der Waals surface area contributed by atoms with Gasteiger partial charge in [0.2, 0.25) is 10.0 Å². The van der Waals surface area contributed by atoms with Crippen LogP contribution in [0.3, 0.4) is 0 Å². The summed E-state index contributed by atoms with van der Waals surface area (Å²) in [5.74, 6) is 0.0546. The maximum Gasteiger partial charge on any atom is 0.258 e. The SMILES string of the molecule is CN(C(=O)c1ccc(N2CCCCS2(=O)=O)cc1)c1ccccc1. The average molecular weight is 344 g/mol. The van der Waals surface area contributed by atoms with Crippen molar-refractivity contribution in [2.45, 2.75) is 12.8 Å². The standard InChI is InChI=1S/C18H20N2O3S/c1-19(16-7-3-2-4-8-16)18(21)15-9-11-17(12-10-15)20-13-5-6-14-24(20,22)23/h2-4,7-12H,5-6,13-14H2,1H3. The van der Waals surface area contributed by atoms with Crippen LogP contribution in [-0.4, -0.2) is 33.7 Å². The van der Waals surface area contributed by atoms with Crippen LogP contribution in [0.15, 0.2) is 54.6 Å². The quantitative estimate of drug-likeness (QED) is 0.860. The summed E-state index contributed by atoms with van der Waals surface area (Å²) in [6.45, 7) is 0.500. The first kappa shape index (κ1) is 16.5. The molecule has 1 aliphatic heterocycles. The molecule has 0 saturated carbocycles. The van der Waals surface area contributed by atoms with Gasteiger partial charge in [-0.1, -0.05) is 18.2 Å². The molecule has 0 N–H and O–H groups in total. The molecule has 1 fully saturated rings. The molecular formula is C18H20N2O3S. The van der Waals surface area contributed by atoms with Crippen molar-refractivity contribution >= 4 is 27.3 Å². The minimum absolute atomic E-state index is 0.130. The van der Waals surface area contributed by atoms with Gasteiger partial charge in [0.05, 0.1) is 11.4 Å². The topological polar surface area (TPSA) is 57.7 Å². The van der Waals surface area contributed by atoms with Crippen LogP contribution in [0.5, 0.6) is 0 Å². The lowest BCUT2D eigenvalue weighted by Crippen LogP contribution is -2.37. The molecule has 1 heterocycles. The molecule has 1 saturated heterocycles. The summed E-state index contributed by atoms with van der Waals surface area (Å²) in [6.07, 6.45) is 1.56. The van der Waals surface area contributed by atoms with E-state index in [1.165, 1.54) is 4.31 Å². The minimum atomic E-state index is -3.23. The van der Waals surface area contributed by atoms with Gasteiger partial charge in [0.1, 0.15) is 0 Å². The van der Waals surface area contributed by atoms with Crippen molar-refractivity contribution in [3.8, 4) is 0 Å². The Morgan fingerprint density at radius 3 is 2.29 bits per heavy atom. The van der Waals surface area contributed by atoms with Gasteiger partial charge in [0.25, 0.3) is 5.91 Å². The first-order valence-electron chi connectivity index (χ1n) is 7.93. The van der Waals surface area contributed by atoms with Gasteiger partial charge in [-0.25, -0.2) is 8.42 Å². The Morgan fingerprint density at radius 2 is 1.67 bits per heavy atom. The molecule has 24 heavy (non-hydrogen) atoms. The van der Waals surface area contributed by atoms with Crippen molar-refractivity contribution in [3.05, 3.63) is 60.2 Å². The number of rotatable bonds is 3. The fourth-order valence-corrected chi connectivity index (χ4v) is 4.45. The molecule has 2 aromatic carbocycles. The van der Waals surface area contributed by atoms with Crippen LogP contribution in [0.25, 0.3) is 0 Å². The second-order valence-corrected chi connectivity index (χ2v) is 7.85. The highest BCUT2D eigenvalue weighted by Gasteiger charge is 2.26. The number of carbonyl (C=O) groups is 1. The lowest BCUT2D eigenvalue weighted by molar-refractivity contribution is 0.0993. The number of para-hydroxylation sites is 1. The number of hydrogen-bond acceptors (Lipinski definition) is 3. The van der Waals surface area contributed by atoms with Gasteiger partial charge in [0, 0.05) is 24.8 Å². The Balaban J connectivity index is 1.80. The molecule has 0 atom stereocenters. The van der Waals surface area contributed by atoms with Crippen LogP contribution in [0, 0.1) is 0 Å². The Morgan fingerprint density at radius 1 is 1.00 bits per heavy atom. The number of sulfonamides is 1. The lowest BCUT2D eigenvalue weighted by atomic mass is 10.1. The Kier molecular flexibility index (Phi) is 4.57. The number of nitrogens with zero attached hydrogens (tertiary/aromatic N) is 2. The molecule has 1 aliphatic rings. The fraction of sp³-hybridized carbons (Fsp3) is 0.278. The van der Waals surface area contributed by atoms with Crippen LogP contribution >= 0.6 is 0 Å². The number of anilines is 2. The van der Waals surface area contributed by atoms with Crippen molar-refractivity contribution in [2.75, 3.05) is 28.6 Å². The molecule has 0 aromatic heterocycles. The van der Waals surface area contributed by atoms with Crippen LogP contribution < -0.4 is 9.21 Å². The van der Waals surface area contributed by atoms with E-state index in [1.807, 2.05) is 30.3 Å². The largest absolute Gasteiger partial charge is 0.311 e. The van der Waals surface area contributed by atoms with Crippen molar-refractivity contribution in [2.24, 2.45) is 0 Å². The number of benzene rings is 2. The van der Waals surface area contributed by atoms with E-state index < -0.39 is 10.0 Å². The van der Waals surface area contributed by atoms with Crippen LogP contribution in [-0.2, 0) is 10.0 Å². The molecule has 2 aromatic rings. The monoisotopic (exact) mass is 344 g/mol. The summed E-state index contributed by atoms with van der Waals surface area (Å²) >= 11 is 0. The van der Waals surface area contributed by atoms with Crippen molar-refractivity contribution in [1.29, 1.82) is 0 Å². The van der Waals surface area contributed by atoms with Gasteiger partial charge in [-0.05, 0) is 49.2 Å². The number of amides is 1. The average Bonchev–Trinajstić information content (AvgIpc) is 2.61. The predicted octanol–water partition coefficient (Wildman–Crippen LogP) is 2.89. The maximum atomic E-state index is 12.6. The van der Waals surface area contributed by atoms with Gasteiger partial charge < -0.3 is 4.90 Å². The second kappa shape index (κ2) is 6.65. The highest BCUT2D eigenvalue weighted by atomic mass is 32.2. The van der Waals surface area contributed by atoms with Crippen molar-refractivity contribution < 1.29 is 13.2 Å². The molecule has 0 radical (unpaired) electrons. The van der Waals surface area contributed by atoms with E-state index in [4.69, 9.17) is 0 Å². The van der Waals surface area contributed by atoms with Crippen LogP contribution in [0.2, 0.25) is 0 Å². The Hall–Kier alpha value is -2.34. The van der Waals surface area contributed by atoms with E-state index in [9.17, 15) is 13.2 Å². The fourth-order valence-electron chi connectivity index (χ4n) is 2.81. The molecule has 1 amide bonds. The maximum absolute atomic E-state index is 12.6. The lowest BCUT2D eigenvalue weighted by Gasteiger charge is -2.28. The summed E-state index contributed by atoms with van der Waals surface area (Å²) in [6, 6.07) is 16.2. The first-order chi connectivity index (χ1) is 11.5. The van der Waals surface area contributed by atoms with Crippen molar-refractivity contribution in [3.63, 3.8) is 0 Å². The summed E-state index contributed by atoms with van der Waals surface area (Å²) < 4.78 is 25.7. The minimum Gasteiger partial charge on any atom is -0.311 e. The summed E-state index contributed by atoms with van der Waals surface area (Å²) in [5.41, 5.74) is 1.96. The number of hydrogen-bond donors (Lipinski definition) is 0. The van der Waals surface area contributed by atoms with E-state index in [1.54, 1.807) is 36.2 Å². The van der Waals surface area contributed by atoms with E-state index in [2.05, 4.69) is 0 Å². The zero-order valence-electron chi connectivity index (χ0n) is 13.6. The number of carbonyl (C=O) groups excluding carboxylic acids is 1. The highest BCUT2D eigenvalue weighted by Crippen LogP contribution is 2.24. The molecule has 0 aliphatic carbocycles. The smallest absolute Gasteiger partial charge is 0.258 e. The van der Waals surface area contributed by atoms with Gasteiger partial charge in [-0.15, -0.1) is 0 Å². The molecule has 0 spiro atoms. The molecule has 3 rings (SSSR count). The zero-order chi connectivity index (χ0) is 17.2. The van der Waals surface area contributed by atoms with Crippen molar-refractivity contribution in [1.82, 2.24) is 0 Å². The molecular weight excluding hydrogens is 324 g/mol. The van der Waals surface area contributed by atoms with Gasteiger partial charge >= 0.3 is 0 Å². The van der Waals surface area contributed by atoms with E-state index in [0.29, 0.717) is 24.2 Å².